The summed E-state index contributed by atoms with van der Waals surface area (Å²) in [5.41, 5.74) is 4.11. The Labute approximate surface area is 99.0 Å². The minimum atomic E-state index is 0.800. The van der Waals surface area contributed by atoms with Crippen molar-refractivity contribution in [2.24, 2.45) is 0 Å². The zero-order chi connectivity index (χ0) is 12.0. The predicted molar refractivity (Wildman–Crippen MR) is 69.3 cm³/mol. The van der Waals surface area contributed by atoms with Crippen molar-refractivity contribution in [2.75, 3.05) is 20.2 Å². The minimum Gasteiger partial charge on any atom is -0.494 e. The van der Waals surface area contributed by atoms with Gasteiger partial charge in [-0.3, -0.25) is 0 Å². The zero-order valence-electron chi connectivity index (χ0n) is 10.9. The molecule has 2 nitrogen and oxygen atoms in total. The Morgan fingerprint density at radius 3 is 2.31 bits per heavy atom. The molecule has 0 radical (unpaired) electrons. The van der Waals surface area contributed by atoms with Gasteiger partial charge in [-0.15, -0.1) is 0 Å². The Morgan fingerprint density at radius 1 is 1.19 bits per heavy atom. The smallest absolute Gasteiger partial charge is 0.119 e. The first-order valence-corrected chi connectivity index (χ1v) is 6.06. The first kappa shape index (κ1) is 13.0. The van der Waals surface area contributed by atoms with Crippen molar-refractivity contribution in [3.63, 3.8) is 0 Å². The average Bonchev–Trinajstić information content (AvgIpc) is 2.25. The van der Waals surface area contributed by atoms with E-state index in [9.17, 15) is 0 Å². The fourth-order valence-corrected chi connectivity index (χ4v) is 1.90. The summed E-state index contributed by atoms with van der Waals surface area (Å²) in [6.07, 6.45) is 2.14. The first-order valence-electron chi connectivity index (χ1n) is 6.06. The van der Waals surface area contributed by atoms with Crippen LogP contribution in [-0.4, -0.2) is 20.2 Å². The van der Waals surface area contributed by atoms with Crippen molar-refractivity contribution in [3.8, 4) is 5.75 Å². The summed E-state index contributed by atoms with van der Waals surface area (Å²) in [5.74, 6) is 1.00. The number of benzene rings is 1. The van der Waals surface area contributed by atoms with Gasteiger partial charge >= 0.3 is 0 Å². The van der Waals surface area contributed by atoms with Crippen LogP contribution in [0.1, 0.15) is 30.0 Å². The maximum Gasteiger partial charge on any atom is 0.119 e. The third-order valence-electron chi connectivity index (χ3n) is 2.77. The van der Waals surface area contributed by atoms with Gasteiger partial charge in [-0.25, -0.2) is 0 Å². The Morgan fingerprint density at radius 2 is 1.81 bits per heavy atom. The van der Waals surface area contributed by atoms with Gasteiger partial charge in [0.25, 0.3) is 0 Å². The summed E-state index contributed by atoms with van der Waals surface area (Å²) in [6.45, 7) is 8.28. The maximum atomic E-state index is 5.66. The highest BCUT2D eigenvalue weighted by Crippen LogP contribution is 2.22. The van der Waals surface area contributed by atoms with Gasteiger partial charge in [-0.2, -0.15) is 0 Å². The molecule has 0 bridgehead atoms. The van der Waals surface area contributed by atoms with Crippen LogP contribution in [0.25, 0.3) is 0 Å². The van der Waals surface area contributed by atoms with Gasteiger partial charge in [0.2, 0.25) is 0 Å². The van der Waals surface area contributed by atoms with E-state index in [1.807, 2.05) is 7.05 Å². The number of ether oxygens (including phenoxy) is 1. The highest BCUT2D eigenvalue weighted by Gasteiger charge is 2.05. The SMILES string of the molecule is CCCOc1cc(C)c(CCNC)c(C)c1. The molecule has 1 aromatic rings. The number of likely N-dealkylation sites (N-methyl/N-ethyl adjacent to an activating group) is 1. The Balaban J connectivity index is 2.80. The van der Waals surface area contributed by atoms with Gasteiger partial charge < -0.3 is 10.1 Å². The molecule has 90 valence electrons. The molecule has 0 amide bonds. The van der Waals surface area contributed by atoms with E-state index < -0.39 is 0 Å². The molecule has 0 aliphatic heterocycles. The summed E-state index contributed by atoms with van der Waals surface area (Å²) in [6, 6.07) is 4.29. The molecule has 1 rings (SSSR count). The van der Waals surface area contributed by atoms with E-state index in [0.717, 1.165) is 31.7 Å². The Bertz CT molecular complexity index is 311. The van der Waals surface area contributed by atoms with Crippen LogP contribution in [0.3, 0.4) is 0 Å². The molecule has 1 aromatic carbocycles. The Hall–Kier alpha value is -1.02. The Kier molecular flexibility index (Phi) is 5.33. The van der Waals surface area contributed by atoms with Crippen molar-refractivity contribution in [2.45, 2.75) is 33.6 Å². The van der Waals surface area contributed by atoms with Crippen LogP contribution < -0.4 is 10.1 Å². The van der Waals surface area contributed by atoms with Crippen LogP contribution in [-0.2, 0) is 6.42 Å². The summed E-state index contributed by atoms with van der Waals surface area (Å²) >= 11 is 0. The van der Waals surface area contributed by atoms with Gasteiger partial charge in [0.1, 0.15) is 5.75 Å². The van der Waals surface area contributed by atoms with Gasteiger partial charge in [0.15, 0.2) is 0 Å². The molecule has 0 spiro atoms. The molecule has 0 fully saturated rings. The largest absolute Gasteiger partial charge is 0.494 e. The number of rotatable bonds is 6. The topological polar surface area (TPSA) is 21.3 Å². The summed E-state index contributed by atoms with van der Waals surface area (Å²) in [4.78, 5) is 0. The maximum absolute atomic E-state index is 5.66. The molecule has 16 heavy (non-hydrogen) atoms. The third kappa shape index (κ3) is 3.53. The molecular formula is C14H23NO. The minimum absolute atomic E-state index is 0.800. The van der Waals surface area contributed by atoms with Crippen LogP contribution in [0.2, 0.25) is 0 Å². The molecule has 0 heterocycles. The van der Waals surface area contributed by atoms with Crippen molar-refractivity contribution in [1.82, 2.24) is 5.32 Å². The van der Waals surface area contributed by atoms with Gasteiger partial charge in [0, 0.05) is 0 Å². The van der Waals surface area contributed by atoms with Crippen LogP contribution in [0.5, 0.6) is 5.75 Å². The fourth-order valence-electron chi connectivity index (χ4n) is 1.90. The van der Waals surface area contributed by atoms with E-state index in [1.165, 1.54) is 16.7 Å². The van der Waals surface area contributed by atoms with E-state index in [4.69, 9.17) is 4.74 Å². The number of hydrogen-bond acceptors (Lipinski definition) is 2. The van der Waals surface area contributed by atoms with Gasteiger partial charge in [-0.05, 0) is 69.1 Å². The molecule has 0 saturated heterocycles. The van der Waals surface area contributed by atoms with Crippen LogP contribution in [0, 0.1) is 13.8 Å². The quantitative estimate of drug-likeness (QED) is 0.797. The third-order valence-corrected chi connectivity index (χ3v) is 2.77. The monoisotopic (exact) mass is 221 g/mol. The van der Waals surface area contributed by atoms with Crippen LogP contribution >= 0.6 is 0 Å². The standard InChI is InChI=1S/C14H23NO/c1-5-8-16-13-9-11(2)14(6-7-15-4)12(3)10-13/h9-10,15H,5-8H2,1-4H3. The molecule has 0 unspecified atom stereocenters. The highest BCUT2D eigenvalue weighted by atomic mass is 16.5. The highest BCUT2D eigenvalue weighted by molar-refractivity contribution is 5.41. The predicted octanol–water partition coefficient (Wildman–Crippen LogP) is 2.85. The molecule has 0 aromatic heterocycles. The molecule has 0 atom stereocenters. The summed E-state index contributed by atoms with van der Waals surface area (Å²) in [7, 11) is 1.99. The van der Waals surface area contributed by atoms with Crippen molar-refractivity contribution in [1.29, 1.82) is 0 Å². The molecule has 0 aliphatic carbocycles. The van der Waals surface area contributed by atoms with E-state index in [1.54, 1.807) is 0 Å². The second-order valence-corrected chi connectivity index (χ2v) is 4.24. The fraction of sp³-hybridized carbons (Fsp3) is 0.571. The van der Waals surface area contributed by atoms with Gasteiger partial charge in [-0.1, -0.05) is 6.92 Å². The van der Waals surface area contributed by atoms with Crippen molar-refractivity contribution < 1.29 is 4.74 Å². The van der Waals surface area contributed by atoms with E-state index in [2.05, 4.69) is 38.2 Å². The van der Waals surface area contributed by atoms with Gasteiger partial charge in [0.05, 0.1) is 6.61 Å². The first-order chi connectivity index (χ1) is 7.69. The lowest BCUT2D eigenvalue weighted by Crippen LogP contribution is -2.12. The summed E-state index contributed by atoms with van der Waals surface area (Å²) < 4.78 is 5.66. The molecule has 0 aliphatic rings. The number of hydrogen-bond donors (Lipinski definition) is 1. The normalized spacial score (nSPS) is 10.5. The molecule has 0 saturated carbocycles. The molecule has 2 heteroatoms. The summed E-state index contributed by atoms with van der Waals surface area (Å²) in [5, 5.41) is 3.19. The molecule has 1 N–H and O–H groups in total. The second kappa shape index (κ2) is 6.54. The lowest BCUT2D eigenvalue weighted by atomic mass is 9.99. The molecular weight excluding hydrogens is 198 g/mol. The van der Waals surface area contributed by atoms with E-state index in [0.29, 0.717) is 0 Å². The van der Waals surface area contributed by atoms with E-state index in [-0.39, 0.29) is 0 Å². The average molecular weight is 221 g/mol. The van der Waals surface area contributed by atoms with E-state index >= 15 is 0 Å². The zero-order valence-corrected chi connectivity index (χ0v) is 10.9. The van der Waals surface area contributed by atoms with Crippen LogP contribution in [0.15, 0.2) is 12.1 Å². The lowest BCUT2D eigenvalue weighted by Gasteiger charge is -2.13. The van der Waals surface area contributed by atoms with Crippen molar-refractivity contribution >= 4 is 0 Å². The van der Waals surface area contributed by atoms with Crippen LogP contribution in [0.4, 0.5) is 0 Å². The number of aryl methyl sites for hydroxylation is 2. The lowest BCUT2D eigenvalue weighted by molar-refractivity contribution is 0.317. The van der Waals surface area contributed by atoms with Crippen molar-refractivity contribution in [3.05, 3.63) is 28.8 Å². The number of nitrogens with one attached hydrogen (secondary N) is 1. The second-order valence-electron chi connectivity index (χ2n) is 4.24.